The van der Waals surface area contributed by atoms with Gasteiger partial charge < -0.3 is 0 Å². The smallest absolute Gasteiger partial charge is 0.138 e. The van der Waals surface area contributed by atoms with E-state index in [2.05, 4.69) is 9.97 Å². The van der Waals surface area contributed by atoms with E-state index in [4.69, 9.17) is 0 Å². The second-order valence-corrected chi connectivity index (χ2v) is 4.11. The topological polar surface area (TPSA) is 42.9 Å². The van der Waals surface area contributed by atoms with Crippen LogP contribution in [0, 0.1) is 0 Å². The number of hydrogen-bond donors (Lipinski definition) is 0. The zero-order chi connectivity index (χ0) is 10.8. The fourth-order valence-electron chi connectivity index (χ4n) is 2.36. The van der Waals surface area contributed by atoms with Gasteiger partial charge in [0.15, 0.2) is 0 Å². The highest BCUT2D eigenvalue weighted by Crippen LogP contribution is 2.28. The molecule has 3 heteroatoms. The van der Waals surface area contributed by atoms with Gasteiger partial charge in [0.1, 0.15) is 12.1 Å². The van der Waals surface area contributed by atoms with Gasteiger partial charge in [-0.2, -0.15) is 0 Å². The van der Waals surface area contributed by atoms with E-state index in [1.165, 1.54) is 5.56 Å². The molecular formula is C12H16N2O. The molecule has 15 heavy (non-hydrogen) atoms. The molecule has 1 heterocycles. The molecule has 3 nitrogen and oxygen atoms in total. The Kier molecular flexibility index (Phi) is 2.80. The van der Waals surface area contributed by atoms with Crippen LogP contribution in [0.1, 0.15) is 49.6 Å². The number of Topliss-reactive ketones (excluding diaryl/α,β-unsaturated/α-hetero) is 1. The molecule has 1 atom stereocenters. The first-order valence-electron chi connectivity index (χ1n) is 5.57. The molecule has 1 aliphatic rings. The number of aromatic nitrogens is 2. The van der Waals surface area contributed by atoms with Crippen LogP contribution in [0.15, 0.2) is 6.33 Å². The third-order valence-electron chi connectivity index (χ3n) is 3.14. The fourth-order valence-corrected chi connectivity index (χ4v) is 2.36. The second-order valence-electron chi connectivity index (χ2n) is 4.11. The molecule has 0 radical (unpaired) electrons. The van der Waals surface area contributed by atoms with Gasteiger partial charge in [0.2, 0.25) is 0 Å². The number of rotatable bonds is 3. The SMILES string of the molecule is CCC(C(C)=O)c1ncnc2c1CCC2. The van der Waals surface area contributed by atoms with Crippen molar-refractivity contribution in [3.8, 4) is 0 Å². The van der Waals surface area contributed by atoms with Gasteiger partial charge in [0.25, 0.3) is 0 Å². The van der Waals surface area contributed by atoms with Crippen LogP contribution in [0.3, 0.4) is 0 Å². The summed E-state index contributed by atoms with van der Waals surface area (Å²) >= 11 is 0. The number of ketones is 1. The van der Waals surface area contributed by atoms with Gasteiger partial charge in [-0.15, -0.1) is 0 Å². The van der Waals surface area contributed by atoms with E-state index < -0.39 is 0 Å². The van der Waals surface area contributed by atoms with Gasteiger partial charge >= 0.3 is 0 Å². The number of hydrogen-bond acceptors (Lipinski definition) is 3. The van der Waals surface area contributed by atoms with Crippen LogP contribution in [0.2, 0.25) is 0 Å². The summed E-state index contributed by atoms with van der Waals surface area (Å²) in [7, 11) is 0. The van der Waals surface area contributed by atoms with Gasteiger partial charge in [-0.3, -0.25) is 4.79 Å². The summed E-state index contributed by atoms with van der Waals surface area (Å²) < 4.78 is 0. The number of nitrogens with zero attached hydrogens (tertiary/aromatic N) is 2. The van der Waals surface area contributed by atoms with E-state index in [1.807, 2.05) is 6.92 Å². The average molecular weight is 204 g/mol. The van der Waals surface area contributed by atoms with E-state index in [0.29, 0.717) is 0 Å². The molecule has 2 rings (SSSR count). The Morgan fingerprint density at radius 2 is 2.27 bits per heavy atom. The Hall–Kier alpha value is -1.25. The molecule has 0 saturated heterocycles. The molecule has 0 spiro atoms. The van der Waals surface area contributed by atoms with Crippen molar-refractivity contribution in [2.24, 2.45) is 0 Å². The molecule has 0 amide bonds. The summed E-state index contributed by atoms with van der Waals surface area (Å²) in [6.45, 7) is 3.69. The lowest BCUT2D eigenvalue weighted by molar-refractivity contribution is -0.118. The van der Waals surface area contributed by atoms with Crippen LogP contribution in [0.5, 0.6) is 0 Å². The van der Waals surface area contributed by atoms with Crippen molar-refractivity contribution in [2.45, 2.75) is 45.4 Å². The third kappa shape index (κ3) is 1.78. The second kappa shape index (κ2) is 4.09. The number of carbonyl (C=O) groups excluding carboxylic acids is 1. The number of aryl methyl sites for hydroxylation is 1. The van der Waals surface area contributed by atoms with E-state index in [0.717, 1.165) is 37.1 Å². The average Bonchev–Trinajstić information content (AvgIpc) is 2.66. The van der Waals surface area contributed by atoms with E-state index in [9.17, 15) is 4.79 Å². The number of fused-ring (bicyclic) bond motifs is 1. The minimum Gasteiger partial charge on any atom is -0.299 e. The normalized spacial score (nSPS) is 16.1. The molecule has 80 valence electrons. The van der Waals surface area contributed by atoms with Gasteiger partial charge in [0.05, 0.1) is 11.6 Å². The molecule has 0 aromatic carbocycles. The van der Waals surface area contributed by atoms with Crippen LogP contribution in [0.25, 0.3) is 0 Å². The van der Waals surface area contributed by atoms with Gasteiger partial charge in [-0.05, 0) is 38.2 Å². The minimum atomic E-state index is -0.0279. The van der Waals surface area contributed by atoms with Gasteiger partial charge in [0, 0.05) is 5.69 Å². The molecule has 1 unspecified atom stereocenters. The van der Waals surface area contributed by atoms with Gasteiger partial charge in [-0.1, -0.05) is 6.92 Å². The van der Waals surface area contributed by atoms with Crippen LogP contribution < -0.4 is 0 Å². The van der Waals surface area contributed by atoms with Crippen molar-refractivity contribution in [3.63, 3.8) is 0 Å². The van der Waals surface area contributed by atoms with Crippen LogP contribution >= 0.6 is 0 Å². The highest BCUT2D eigenvalue weighted by atomic mass is 16.1. The molecule has 1 aromatic heterocycles. The number of carbonyl (C=O) groups is 1. The summed E-state index contributed by atoms with van der Waals surface area (Å²) in [6, 6.07) is 0. The van der Waals surface area contributed by atoms with E-state index in [-0.39, 0.29) is 11.7 Å². The highest BCUT2D eigenvalue weighted by Gasteiger charge is 2.24. The molecule has 0 fully saturated rings. The predicted octanol–water partition coefficient (Wildman–Crippen LogP) is 2.05. The van der Waals surface area contributed by atoms with Crippen molar-refractivity contribution < 1.29 is 4.79 Å². The third-order valence-corrected chi connectivity index (χ3v) is 3.14. The lowest BCUT2D eigenvalue weighted by Gasteiger charge is -2.13. The minimum absolute atomic E-state index is 0.0279. The maximum Gasteiger partial charge on any atom is 0.138 e. The zero-order valence-corrected chi connectivity index (χ0v) is 9.29. The van der Waals surface area contributed by atoms with E-state index in [1.54, 1.807) is 13.3 Å². The predicted molar refractivity (Wildman–Crippen MR) is 57.8 cm³/mol. The monoisotopic (exact) mass is 204 g/mol. The highest BCUT2D eigenvalue weighted by molar-refractivity contribution is 5.83. The van der Waals surface area contributed by atoms with Crippen molar-refractivity contribution >= 4 is 5.78 Å². The standard InChI is InChI=1S/C12H16N2O/c1-3-9(8(2)15)12-10-5-4-6-11(10)13-7-14-12/h7,9H,3-6H2,1-2H3. The van der Waals surface area contributed by atoms with Gasteiger partial charge in [-0.25, -0.2) is 9.97 Å². The Balaban J connectivity index is 2.43. The van der Waals surface area contributed by atoms with E-state index >= 15 is 0 Å². The van der Waals surface area contributed by atoms with Crippen LogP contribution in [0.4, 0.5) is 0 Å². The van der Waals surface area contributed by atoms with Crippen molar-refractivity contribution in [1.82, 2.24) is 9.97 Å². The Labute approximate surface area is 89.9 Å². The fraction of sp³-hybridized carbons (Fsp3) is 0.583. The molecule has 0 N–H and O–H groups in total. The first-order chi connectivity index (χ1) is 7.24. The van der Waals surface area contributed by atoms with Crippen molar-refractivity contribution in [2.75, 3.05) is 0 Å². The van der Waals surface area contributed by atoms with Crippen molar-refractivity contribution in [3.05, 3.63) is 23.3 Å². The maximum absolute atomic E-state index is 11.5. The summed E-state index contributed by atoms with van der Waals surface area (Å²) in [5.74, 6) is 0.185. The summed E-state index contributed by atoms with van der Waals surface area (Å²) in [4.78, 5) is 20.1. The Morgan fingerprint density at radius 3 is 2.93 bits per heavy atom. The summed E-state index contributed by atoms with van der Waals surface area (Å²) in [5.41, 5.74) is 3.37. The first kappa shape index (κ1) is 10.3. The largest absolute Gasteiger partial charge is 0.299 e. The molecule has 1 aromatic rings. The lowest BCUT2D eigenvalue weighted by Crippen LogP contribution is -2.13. The van der Waals surface area contributed by atoms with Crippen LogP contribution in [-0.2, 0) is 17.6 Å². The molecule has 0 aliphatic heterocycles. The maximum atomic E-state index is 11.5. The Bertz CT molecular complexity index is 387. The molecule has 1 aliphatic carbocycles. The van der Waals surface area contributed by atoms with Crippen molar-refractivity contribution in [1.29, 1.82) is 0 Å². The zero-order valence-electron chi connectivity index (χ0n) is 9.29. The molecule has 0 saturated carbocycles. The summed E-state index contributed by atoms with van der Waals surface area (Å²) in [6.07, 6.45) is 5.66. The Morgan fingerprint density at radius 1 is 1.47 bits per heavy atom. The first-order valence-corrected chi connectivity index (χ1v) is 5.57. The summed E-state index contributed by atoms with van der Waals surface area (Å²) in [5, 5.41) is 0. The lowest BCUT2D eigenvalue weighted by atomic mass is 9.94. The quantitative estimate of drug-likeness (QED) is 0.756. The molecule has 0 bridgehead atoms. The molecular weight excluding hydrogens is 188 g/mol. The van der Waals surface area contributed by atoms with Crippen LogP contribution in [-0.4, -0.2) is 15.8 Å².